The van der Waals surface area contributed by atoms with E-state index < -0.39 is 0 Å². The molecule has 1 amide bonds. The molecule has 0 saturated carbocycles. The standard InChI is InChI=1S/C19H20N4O2/c1-19(2,14-6-4-3-5-7-14)15-8-10-16(11-9-15)25-12-17(24)22-18-20-13-21-23-18/h3-11,13H,12H2,1-2H3,(H2,20,21,22,23,24). The summed E-state index contributed by atoms with van der Waals surface area (Å²) in [5, 5.41) is 8.77. The lowest BCUT2D eigenvalue weighted by molar-refractivity contribution is -0.118. The monoisotopic (exact) mass is 336 g/mol. The summed E-state index contributed by atoms with van der Waals surface area (Å²) >= 11 is 0. The van der Waals surface area contributed by atoms with Crippen molar-refractivity contribution in [1.29, 1.82) is 0 Å². The van der Waals surface area contributed by atoms with E-state index >= 15 is 0 Å². The number of amides is 1. The lowest BCUT2D eigenvalue weighted by Gasteiger charge is -2.26. The van der Waals surface area contributed by atoms with Gasteiger partial charge in [-0.05, 0) is 23.3 Å². The zero-order chi connectivity index (χ0) is 17.7. The first kappa shape index (κ1) is 16.7. The van der Waals surface area contributed by atoms with Crippen LogP contribution < -0.4 is 10.1 Å². The van der Waals surface area contributed by atoms with Crippen molar-refractivity contribution in [2.75, 3.05) is 11.9 Å². The summed E-state index contributed by atoms with van der Waals surface area (Å²) in [7, 11) is 0. The summed E-state index contributed by atoms with van der Waals surface area (Å²) in [6, 6.07) is 18.1. The second kappa shape index (κ2) is 7.17. The van der Waals surface area contributed by atoms with Crippen molar-refractivity contribution < 1.29 is 9.53 Å². The molecule has 0 radical (unpaired) electrons. The van der Waals surface area contributed by atoms with Crippen LogP contribution in [0, 0.1) is 0 Å². The summed E-state index contributed by atoms with van der Waals surface area (Å²) in [5.74, 6) is 0.638. The highest BCUT2D eigenvalue weighted by molar-refractivity contribution is 5.90. The number of hydrogen-bond acceptors (Lipinski definition) is 4. The number of H-pyrrole nitrogens is 1. The topological polar surface area (TPSA) is 79.9 Å². The van der Waals surface area contributed by atoms with Crippen LogP contribution in [0.5, 0.6) is 5.75 Å². The number of ether oxygens (including phenoxy) is 1. The van der Waals surface area contributed by atoms with Gasteiger partial charge in [0.1, 0.15) is 12.1 Å². The fraction of sp³-hybridized carbons (Fsp3) is 0.211. The summed E-state index contributed by atoms with van der Waals surface area (Å²) in [6.07, 6.45) is 1.32. The number of carbonyl (C=O) groups is 1. The second-order valence-corrected chi connectivity index (χ2v) is 6.19. The van der Waals surface area contributed by atoms with E-state index in [2.05, 4.69) is 46.5 Å². The first-order chi connectivity index (χ1) is 12.1. The molecule has 0 fully saturated rings. The third-order valence-electron chi connectivity index (χ3n) is 4.11. The van der Waals surface area contributed by atoms with Crippen LogP contribution in [0.25, 0.3) is 0 Å². The molecule has 2 aromatic carbocycles. The Morgan fingerprint density at radius 1 is 1.08 bits per heavy atom. The van der Waals surface area contributed by atoms with Gasteiger partial charge in [0.05, 0.1) is 0 Å². The fourth-order valence-electron chi connectivity index (χ4n) is 2.57. The molecule has 3 aromatic rings. The Morgan fingerprint density at radius 2 is 1.76 bits per heavy atom. The van der Waals surface area contributed by atoms with Crippen LogP contribution in [0.1, 0.15) is 25.0 Å². The largest absolute Gasteiger partial charge is 0.484 e. The smallest absolute Gasteiger partial charge is 0.264 e. The number of anilines is 1. The first-order valence-electron chi connectivity index (χ1n) is 8.00. The molecule has 0 spiro atoms. The van der Waals surface area contributed by atoms with Gasteiger partial charge in [0, 0.05) is 5.41 Å². The second-order valence-electron chi connectivity index (χ2n) is 6.19. The highest BCUT2D eigenvalue weighted by Gasteiger charge is 2.22. The van der Waals surface area contributed by atoms with Crippen molar-refractivity contribution in [3.05, 3.63) is 72.1 Å². The predicted molar refractivity (Wildman–Crippen MR) is 95.5 cm³/mol. The van der Waals surface area contributed by atoms with E-state index in [1.54, 1.807) is 0 Å². The highest BCUT2D eigenvalue weighted by atomic mass is 16.5. The Labute approximate surface area is 146 Å². The minimum absolute atomic E-state index is 0.0951. The maximum atomic E-state index is 11.8. The normalized spacial score (nSPS) is 11.1. The van der Waals surface area contributed by atoms with Gasteiger partial charge in [0.2, 0.25) is 5.95 Å². The number of aromatic nitrogens is 3. The molecule has 2 N–H and O–H groups in total. The SMILES string of the molecule is CC(C)(c1ccccc1)c1ccc(OCC(=O)Nc2ncn[nH]2)cc1. The van der Waals surface area contributed by atoms with Crippen LogP contribution >= 0.6 is 0 Å². The molecule has 0 bridgehead atoms. The predicted octanol–water partition coefficient (Wildman–Crippen LogP) is 3.15. The molecule has 0 atom stereocenters. The molecule has 1 heterocycles. The van der Waals surface area contributed by atoms with Gasteiger partial charge in [-0.15, -0.1) is 0 Å². The van der Waals surface area contributed by atoms with Gasteiger partial charge >= 0.3 is 0 Å². The van der Waals surface area contributed by atoms with Gasteiger partial charge in [-0.2, -0.15) is 10.1 Å². The van der Waals surface area contributed by atoms with E-state index in [-0.39, 0.29) is 17.9 Å². The maximum Gasteiger partial charge on any atom is 0.264 e. The zero-order valence-corrected chi connectivity index (χ0v) is 14.2. The molecule has 128 valence electrons. The Hall–Kier alpha value is -3.15. The van der Waals surface area contributed by atoms with Gasteiger partial charge in [0.25, 0.3) is 5.91 Å². The highest BCUT2D eigenvalue weighted by Crippen LogP contribution is 2.32. The number of nitrogens with zero attached hydrogens (tertiary/aromatic N) is 2. The molecule has 0 aliphatic carbocycles. The molecule has 0 aliphatic heterocycles. The summed E-state index contributed by atoms with van der Waals surface area (Å²) in [6.45, 7) is 4.27. The number of hydrogen-bond donors (Lipinski definition) is 2. The van der Waals surface area contributed by atoms with Crippen molar-refractivity contribution >= 4 is 11.9 Å². The summed E-state index contributed by atoms with van der Waals surface area (Å²) < 4.78 is 5.52. The minimum atomic E-state index is -0.301. The molecule has 0 aliphatic rings. The summed E-state index contributed by atoms with van der Waals surface area (Å²) in [4.78, 5) is 15.6. The Kier molecular flexibility index (Phi) is 4.79. The zero-order valence-electron chi connectivity index (χ0n) is 14.2. The molecule has 6 heteroatoms. The van der Waals surface area contributed by atoms with E-state index in [4.69, 9.17) is 4.74 Å². The number of rotatable bonds is 6. The number of carbonyl (C=O) groups excluding carboxylic acids is 1. The van der Waals surface area contributed by atoms with Gasteiger partial charge < -0.3 is 4.74 Å². The van der Waals surface area contributed by atoms with Crippen LogP contribution in [-0.4, -0.2) is 27.7 Å². The molecule has 3 rings (SSSR count). The van der Waals surface area contributed by atoms with Gasteiger partial charge in [-0.1, -0.05) is 56.3 Å². The van der Waals surface area contributed by atoms with E-state index in [1.165, 1.54) is 17.5 Å². The molecule has 0 unspecified atom stereocenters. The van der Waals surface area contributed by atoms with Crippen molar-refractivity contribution in [2.24, 2.45) is 0 Å². The van der Waals surface area contributed by atoms with Gasteiger partial charge in [0.15, 0.2) is 6.61 Å². The van der Waals surface area contributed by atoms with Crippen molar-refractivity contribution in [3.63, 3.8) is 0 Å². The van der Waals surface area contributed by atoms with E-state index in [0.29, 0.717) is 11.7 Å². The molecule has 1 aromatic heterocycles. The quantitative estimate of drug-likeness (QED) is 0.725. The molecular formula is C19H20N4O2. The Morgan fingerprint density at radius 3 is 2.40 bits per heavy atom. The van der Waals surface area contributed by atoms with E-state index in [9.17, 15) is 4.79 Å². The number of benzene rings is 2. The lowest BCUT2D eigenvalue weighted by Crippen LogP contribution is -2.21. The maximum absolute atomic E-state index is 11.8. The van der Waals surface area contributed by atoms with Crippen molar-refractivity contribution in [1.82, 2.24) is 15.2 Å². The van der Waals surface area contributed by atoms with E-state index in [1.807, 2.05) is 42.5 Å². The Balaban J connectivity index is 1.61. The molecule has 6 nitrogen and oxygen atoms in total. The average Bonchev–Trinajstić information content (AvgIpc) is 3.14. The molecule has 25 heavy (non-hydrogen) atoms. The number of nitrogens with one attached hydrogen (secondary N) is 2. The van der Waals surface area contributed by atoms with Crippen molar-refractivity contribution in [2.45, 2.75) is 19.3 Å². The molecular weight excluding hydrogens is 316 g/mol. The molecule has 0 saturated heterocycles. The Bertz CT molecular complexity index is 812. The van der Waals surface area contributed by atoms with Crippen molar-refractivity contribution in [3.8, 4) is 5.75 Å². The third kappa shape index (κ3) is 4.03. The average molecular weight is 336 g/mol. The third-order valence-corrected chi connectivity index (χ3v) is 4.11. The number of aromatic amines is 1. The van der Waals surface area contributed by atoms with E-state index in [0.717, 1.165) is 0 Å². The minimum Gasteiger partial charge on any atom is -0.484 e. The van der Waals surface area contributed by atoms with Gasteiger partial charge in [-0.3, -0.25) is 10.1 Å². The fourth-order valence-corrected chi connectivity index (χ4v) is 2.57. The first-order valence-corrected chi connectivity index (χ1v) is 8.00. The summed E-state index contributed by atoms with van der Waals surface area (Å²) in [5.41, 5.74) is 2.32. The van der Waals surface area contributed by atoms with Crippen LogP contribution in [0.2, 0.25) is 0 Å². The van der Waals surface area contributed by atoms with Crippen LogP contribution in [0.4, 0.5) is 5.95 Å². The van der Waals surface area contributed by atoms with Crippen LogP contribution in [0.3, 0.4) is 0 Å². The lowest BCUT2D eigenvalue weighted by atomic mass is 9.78. The van der Waals surface area contributed by atoms with Crippen LogP contribution in [0.15, 0.2) is 60.9 Å². The van der Waals surface area contributed by atoms with Gasteiger partial charge in [-0.25, -0.2) is 5.10 Å². The van der Waals surface area contributed by atoms with Crippen LogP contribution in [-0.2, 0) is 10.2 Å².